The number of benzene rings is 2. The number of esters is 1. The molecule has 0 unspecified atom stereocenters. The van der Waals surface area contributed by atoms with Crippen LogP contribution in [0.1, 0.15) is 99.5 Å². The first kappa shape index (κ1) is 28.6. The molecule has 37 heavy (non-hydrogen) atoms. The van der Waals surface area contributed by atoms with Gasteiger partial charge < -0.3 is 9.47 Å². The van der Waals surface area contributed by atoms with Crippen LogP contribution in [0.2, 0.25) is 0 Å². The maximum Gasteiger partial charge on any atom is 0.343 e. The largest absolute Gasteiger partial charge is 0.423 e. The number of nitrogens with zero attached hydrogens (tertiary/aromatic N) is 1. The van der Waals surface area contributed by atoms with E-state index in [9.17, 15) is 4.79 Å². The summed E-state index contributed by atoms with van der Waals surface area (Å²) >= 11 is 0. The lowest BCUT2D eigenvalue weighted by Crippen LogP contribution is -2.08. The Labute approximate surface area is 223 Å². The van der Waals surface area contributed by atoms with Gasteiger partial charge in [-0.2, -0.15) is 0 Å². The van der Waals surface area contributed by atoms with Crippen LogP contribution in [0.3, 0.4) is 0 Å². The molecule has 1 heterocycles. The average Bonchev–Trinajstić information content (AvgIpc) is 2.94. The SMILES string of the molecule is CCCCCCCCCCc1ccc(C(=O)Oc2ccc(-c3ccc(COCCCC)cn3)cc2)cc1. The topological polar surface area (TPSA) is 48.4 Å². The van der Waals surface area contributed by atoms with Gasteiger partial charge >= 0.3 is 5.97 Å². The van der Waals surface area contributed by atoms with Crippen molar-refractivity contribution in [2.24, 2.45) is 0 Å². The fraction of sp³-hybridized carbons (Fsp3) is 0.455. The molecule has 0 fully saturated rings. The summed E-state index contributed by atoms with van der Waals surface area (Å²) in [4.78, 5) is 17.2. The van der Waals surface area contributed by atoms with Gasteiger partial charge in [0.25, 0.3) is 0 Å². The van der Waals surface area contributed by atoms with Crippen LogP contribution >= 0.6 is 0 Å². The second kappa shape index (κ2) is 16.7. The molecule has 1 aromatic heterocycles. The third-order valence-corrected chi connectivity index (χ3v) is 6.60. The highest BCUT2D eigenvalue weighted by Crippen LogP contribution is 2.22. The van der Waals surface area contributed by atoms with E-state index < -0.39 is 0 Å². The molecule has 0 bridgehead atoms. The van der Waals surface area contributed by atoms with Gasteiger partial charge in [-0.25, -0.2) is 4.79 Å². The third-order valence-electron chi connectivity index (χ3n) is 6.60. The minimum Gasteiger partial charge on any atom is -0.423 e. The Balaban J connectivity index is 1.41. The van der Waals surface area contributed by atoms with Crippen molar-refractivity contribution in [3.8, 4) is 17.0 Å². The Kier molecular flexibility index (Phi) is 12.9. The molecule has 198 valence electrons. The second-order valence-corrected chi connectivity index (χ2v) is 9.79. The number of aromatic nitrogens is 1. The summed E-state index contributed by atoms with van der Waals surface area (Å²) in [6.07, 6.45) is 15.7. The van der Waals surface area contributed by atoms with Crippen molar-refractivity contribution in [2.75, 3.05) is 6.61 Å². The summed E-state index contributed by atoms with van der Waals surface area (Å²) in [6.45, 7) is 5.78. The van der Waals surface area contributed by atoms with E-state index in [0.29, 0.717) is 17.9 Å². The molecule has 0 spiro atoms. The Bertz CT molecular complexity index is 1030. The average molecular weight is 502 g/mol. The first-order valence-corrected chi connectivity index (χ1v) is 14.1. The van der Waals surface area contributed by atoms with E-state index in [2.05, 4.69) is 18.8 Å². The van der Waals surface area contributed by atoms with Crippen molar-refractivity contribution in [1.29, 1.82) is 0 Å². The summed E-state index contributed by atoms with van der Waals surface area (Å²) < 4.78 is 11.2. The standard InChI is InChI=1S/C33H43NO3/c1-3-5-7-8-9-10-11-12-13-27-14-17-30(18-15-27)33(35)37-31-21-19-29(20-22-31)32-23-16-28(25-34-32)26-36-24-6-4-2/h14-23,25H,3-13,24,26H2,1-2H3. The molecule has 0 saturated carbocycles. The Morgan fingerprint density at radius 1 is 0.703 bits per heavy atom. The number of rotatable bonds is 17. The van der Waals surface area contributed by atoms with Crippen LogP contribution in [0, 0.1) is 0 Å². The van der Waals surface area contributed by atoms with Crippen LogP contribution in [0.15, 0.2) is 66.9 Å². The van der Waals surface area contributed by atoms with Gasteiger partial charge in [-0.05, 0) is 72.9 Å². The normalized spacial score (nSPS) is 11.0. The van der Waals surface area contributed by atoms with Gasteiger partial charge in [-0.15, -0.1) is 0 Å². The molecule has 4 nitrogen and oxygen atoms in total. The van der Waals surface area contributed by atoms with Crippen LogP contribution in [0.4, 0.5) is 0 Å². The number of carbonyl (C=O) groups is 1. The molecular weight excluding hydrogens is 458 g/mol. The number of ether oxygens (including phenoxy) is 2. The lowest BCUT2D eigenvalue weighted by Gasteiger charge is -2.08. The molecule has 3 aromatic rings. The number of aryl methyl sites for hydroxylation is 1. The number of pyridine rings is 1. The van der Waals surface area contributed by atoms with E-state index in [4.69, 9.17) is 9.47 Å². The van der Waals surface area contributed by atoms with Crippen LogP contribution < -0.4 is 4.74 Å². The molecular formula is C33H43NO3. The molecule has 0 aliphatic carbocycles. The van der Waals surface area contributed by atoms with Gasteiger partial charge in [-0.1, -0.05) is 83.4 Å². The van der Waals surface area contributed by atoms with Crippen molar-refractivity contribution in [3.05, 3.63) is 83.6 Å². The monoisotopic (exact) mass is 501 g/mol. The quantitative estimate of drug-likeness (QED) is 0.105. The molecule has 0 aliphatic heterocycles. The fourth-order valence-corrected chi connectivity index (χ4v) is 4.25. The van der Waals surface area contributed by atoms with Gasteiger partial charge in [-0.3, -0.25) is 4.98 Å². The van der Waals surface area contributed by atoms with E-state index >= 15 is 0 Å². The predicted molar refractivity (Wildman–Crippen MR) is 152 cm³/mol. The molecule has 3 rings (SSSR count). The lowest BCUT2D eigenvalue weighted by atomic mass is 10.0. The second-order valence-electron chi connectivity index (χ2n) is 9.79. The predicted octanol–water partition coefficient (Wildman–Crippen LogP) is 8.97. The highest BCUT2D eigenvalue weighted by Gasteiger charge is 2.09. The smallest absolute Gasteiger partial charge is 0.343 e. The Hall–Kier alpha value is -2.98. The van der Waals surface area contributed by atoms with E-state index in [1.165, 1.54) is 56.9 Å². The molecule has 0 atom stereocenters. The maximum absolute atomic E-state index is 12.6. The molecule has 0 saturated heterocycles. The molecule has 2 aromatic carbocycles. The minimum atomic E-state index is -0.336. The summed E-state index contributed by atoms with van der Waals surface area (Å²) in [5.41, 5.74) is 4.76. The van der Waals surface area contributed by atoms with E-state index in [1.807, 2.05) is 66.9 Å². The fourth-order valence-electron chi connectivity index (χ4n) is 4.25. The molecule has 0 N–H and O–H groups in total. The zero-order valence-electron chi connectivity index (χ0n) is 22.7. The van der Waals surface area contributed by atoms with Gasteiger partial charge in [0.05, 0.1) is 17.9 Å². The van der Waals surface area contributed by atoms with Crippen LogP contribution in [0.5, 0.6) is 5.75 Å². The molecule has 0 radical (unpaired) electrons. The van der Waals surface area contributed by atoms with E-state index in [1.54, 1.807) is 0 Å². The highest BCUT2D eigenvalue weighted by atomic mass is 16.5. The van der Waals surface area contributed by atoms with Gasteiger partial charge in [0.2, 0.25) is 0 Å². The molecule has 4 heteroatoms. The maximum atomic E-state index is 12.6. The third kappa shape index (κ3) is 10.5. The lowest BCUT2D eigenvalue weighted by molar-refractivity contribution is 0.0734. The van der Waals surface area contributed by atoms with E-state index in [-0.39, 0.29) is 5.97 Å². The summed E-state index contributed by atoms with van der Waals surface area (Å²) in [7, 11) is 0. The van der Waals surface area contributed by atoms with Crippen molar-refractivity contribution in [1.82, 2.24) is 4.98 Å². The number of unbranched alkanes of at least 4 members (excludes halogenated alkanes) is 8. The van der Waals surface area contributed by atoms with Crippen molar-refractivity contribution < 1.29 is 14.3 Å². The first-order valence-electron chi connectivity index (χ1n) is 14.1. The van der Waals surface area contributed by atoms with Crippen molar-refractivity contribution >= 4 is 5.97 Å². The first-order chi connectivity index (χ1) is 18.2. The zero-order chi connectivity index (χ0) is 26.1. The summed E-state index contributed by atoms with van der Waals surface area (Å²) in [6, 6.07) is 19.3. The van der Waals surface area contributed by atoms with Crippen LogP contribution in [0.25, 0.3) is 11.3 Å². The van der Waals surface area contributed by atoms with Crippen LogP contribution in [-0.2, 0) is 17.8 Å². The highest BCUT2D eigenvalue weighted by molar-refractivity contribution is 5.91. The molecule has 0 aliphatic rings. The zero-order valence-corrected chi connectivity index (χ0v) is 22.7. The van der Waals surface area contributed by atoms with Gasteiger partial charge in [0.1, 0.15) is 5.75 Å². The van der Waals surface area contributed by atoms with Crippen molar-refractivity contribution in [3.63, 3.8) is 0 Å². The Morgan fingerprint density at radius 2 is 1.35 bits per heavy atom. The molecule has 0 amide bonds. The van der Waals surface area contributed by atoms with Gasteiger partial charge in [0.15, 0.2) is 0 Å². The van der Waals surface area contributed by atoms with E-state index in [0.717, 1.165) is 42.7 Å². The summed E-state index contributed by atoms with van der Waals surface area (Å²) in [5, 5.41) is 0. The minimum absolute atomic E-state index is 0.336. The van der Waals surface area contributed by atoms with Crippen molar-refractivity contribution in [2.45, 2.75) is 91.1 Å². The van der Waals surface area contributed by atoms with Crippen LogP contribution in [-0.4, -0.2) is 17.6 Å². The van der Waals surface area contributed by atoms with Gasteiger partial charge in [0, 0.05) is 18.4 Å². The number of hydrogen-bond donors (Lipinski definition) is 0. The Morgan fingerprint density at radius 3 is 2.00 bits per heavy atom. The number of hydrogen-bond acceptors (Lipinski definition) is 4. The summed E-state index contributed by atoms with van der Waals surface area (Å²) in [5.74, 6) is 0.189. The number of carbonyl (C=O) groups excluding carboxylic acids is 1.